The molecule has 0 unspecified atom stereocenters. The summed E-state index contributed by atoms with van der Waals surface area (Å²) in [4.78, 5) is 8.67. The Labute approximate surface area is 109 Å². The predicted molar refractivity (Wildman–Crippen MR) is 68.4 cm³/mol. The van der Waals surface area contributed by atoms with Crippen molar-refractivity contribution in [3.8, 4) is 11.6 Å². The van der Waals surface area contributed by atoms with Crippen molar-refractivity contribution < 1.29 is 9.26 Å². The van der Waals surface area contributed by atoms with Crippen LogP contribution in [-0.2, 0) is 17.6 Å². The van der Waals surface area contributed by atoms with Crippen LogP contribution >= 0.6 is 11.3 Å². The van der Waals surface area contributed by atoms with Crippen molar-refractivity contribution in [2.24, 2.45) is 5.73 Å². The molecule has 0 aliphatic rings. The van der Waals surface area contributed by atoms with E-state index in [1.54, 1.807) is 11.3 Å². The first-order chi connectivity index (χ1) is 8.83. The topological polar surface area (TPSA) is 87.1 Å². The third kappa shape index (κ3) is 3.34. The maximum Gasteiger partial charge on any atom is 0.277 e. The summed E-state index contributed by atoms with van der Waals surface area (Å²) in [6, 6.07) is 0. The number of hydrogen-bond acceptors (Lipinski definition) is 7. The lowest BCUT2D eigenvalue weighted by molar-refractivity contribution is 0.149. The second-order valence-electron chi connectivity index (χ2n) is 3.63. The van der Waals surface area contributed by atoms with Crippen LogP contribution in [0.4, 0.5) is 0 Å². The maximum absolute atomic E-state index is 5.48. The van der Waals surface area contributed by atoms with Gasteiger partial charge in [0.15, 0.2) is 5.82 Å². The molecule has 0 aliphatic carbocycles. The largest absolute Gasteiger partial charge is 0.381 e. The fourth-order valence-electron chi connectivity index (χ4n) is 1.41. The van der Waals surface area contributed by atoms with Gasteiger partial charge in [-0.1, -0.05) is 5.16 Å². The highest BCUT2D eigenvalue weighted by molar-refractivity contribution is 7.09. The number of aromatic nitrogens is 3. The summed E-state index contributed by atoms with van der Waals surface area (Å²) in [5.74, 6) is 1.10. The number of rotatable bonds is 7. The van der Waals surface area contributed by atoms with Crippen molar-refractivity contribution in [2.75, 3.05) is 19.8 Å². The van der Waals surface area contributed by atoms with Crippen LogP contribution in [0.25, 0.3) is 11.6 Å². The number of nitrogens with zero attached hydrogens (tertiary/aromatic N) is 3. The minimum Gasteiger partial charge on any atom is -0.381 e. The first-order valence-corrected chi connectivity index (χ1v) is 6.76. The second-order valence-corrected chi connectivity index (χ2v) is 4.57. The molecule has 98 valence electrons. The van der Waals surface area contributed by atoms with Crippen molar-refractivity contribution in [2.45, 2.75) is 19.8 Å². The molecule has 18 heavy (non-hydrogen) atoms. The zero-order valence-corrected chi connectivity index (χ0v) is 11.1. The van der Waals surface area contributed by atoms with Gasteiger partial charge >= 0.3 is 0 Å². The average Bonchev–Trinajstić information content (AvgIpc) is 2.98. The molecule has 2 aromatic heterocycles. The Kier molecular flexibility index (Phi) is 4.80. The number of hydrogen-bond donors (Lipinski definition) is 1. The lowest BCUT2D eigenvalue weighted by atomic mass is 10.4. The highest BCUT2D eigenvalue weighted by atomic mass is 32.1. The molecule has 0 atom stereocenters. The predicted octanol–water partition coefficient (Wildman–Crippen LogP) is 1.27. The Bertz CT molecular complexity index is 483. The molecule has 2 aromatic rings. The van der Waals surface area contributed by atoms with Gasteiger partial charge in [-0.15, -0.1) is 11.3 Å². The summed E-state index contributed by atoms with van der Waals surface area (Å²) in [5, 5.41) is 6.79. The Morgan fingerprint density at radius 2 is 2.28 bits per heavy atom. The number of thiazole rings is 1. The van der Waals surface area contributed by atoms with E-state index in [1.807, 2.05) is 12.3 Å². The molecule has 0 spiro atoms. The Morgan fingerprint density at radius 3 is 3.06 bits per heavy atom. The van der Waals surface area contributed by atoms with E-state index in [0.717, 1.165) is 17.1 Å². The maximum atomic E-state index is 5.48. The molecule has 0 aromatic carbocycles. The van der Waals surface area contributed by atoms with Crippen LogP contribution in [0.5, 0.6) is 0 Å². The number of nitrogens with two attached hydrogens (primary N) is 1. The van der Waals surface area contributed by atoms with Gasteiger partial charge in [-0.2, -0.15) is 4.98 Å². The third-order valence-electron chi connectivity index (χ3n) is 2.27. The van der Waals surface area contributed by atoms with Gasteiger partial charge in [-0.05, 0) is 13.5 Å². The normalized spacial score (nSPS) is 11.0. The van der Waals surface area contributed by atoms with Crippen LogP contribution < -0.4 is 5.73 Å². The van der Waals surface area contributed by atoms with Crippen LogP contribution in [0, 0.1) is 0 Å². The average molecular weight is 268 g/mol. The minimum absolute atomic E-state index is 0.459. The van der Waals surface area contributed by atoms with Gasteiger partial charge in [0.2, 0.25) is 0 Å². The molecule has 0 bridgehead atoms. The van der Waals surface area contributed by atoms with Crippen LogP contribution in [0.2, 0.25) is 0 Å². The smallest absolute Gasteiger partial charge is 0.277 e. The van der Waals surface area contributed by atoms with Crippen LogP contribution in [0.3, 0.4) is 0 Å². The Morgan fingerprint density at radius 1 is 1.39 bits per heavy atom. The summed E-state index contributed by atoms with van der Waals surface area (Å²) in [5.41, 5.74) is 6.20. The molecule has 2 heterocycles. The van der Waals surface area contributed by atoms with E-state index in [-0.39, 0.29) is 0 Å². The van der Waals surface area contributed by atoms with Crippen LogP contribution in [0.1, 0.15) is 17.8 Å². The summed E-state index contributed by atoms with van der Waals surface area (Å²) < 4.78 is 10.4. The van der Waals surface area contributed by atoms with Crippen LogP contribution in [0.15, 0.2) is 9.90 Å². The molecule has 0 radical (unpaired) electrons. The minimum atomic E-state index is 0.459. The Balaban J connectivity index is 1.99. The summed E-state index contributed by atoms with van der Waals surface area (Å²) in [7, 11) is 0. The molecule has 2 rings (SSSR count). The second kappa shape index (κ2) is 6.58. The lowest BCUT2D eigenvalue weighted by Crippen LogP contribution is -2.02. The van der Waals surface area contributed by atoms with Crippen molar-refractivity contribution in [3.05, 3.63) is 16.2 Å². The van der Waals surface area contributed by atoms with Gasteiger partial charge in [-0.25, -0.2) is 4.98 Å². The summed E-state index contributed by atoms with van der Waals surface area (Å²) in [6.45, 7) is 3.84. The molecule has 0 aliphatic heterocycles. The molecular weight excluding hydrogens is 252 g/mol. The molecule has 7 heteroatoms. The van der Waals surface area contributed by atoms with Crippen molar-refractivity contribution in [1.82, 2.24) is 15.1 Å². The van der Waals surface area contributed by atoms with Crippen molar-refractivity contribution in [1.29, 1.82) is 0 Å². The van der Waals surface area contributed by atoms with Gasteiger partial charge in [-0.3, -0.25) is 0 Å². The monoisotopic (exact) mass is 268 g/mol. The first-order valence-electron chi connectivity index (χ1n) is 5.88. The van der Waals surface area contributed by atoms with Crippen LogP contribution in [-0.4, -0.2) is 34.9 Å². The molecule has 2 N–H and O–H groups in total. The fourth-order valence-corrected chi connectivity index (χ4v) is 2.20. The number of ether oxygens (including phenoxy) is 1. The fraction of sp³-hybridized carbons (Fsp3) is 0.545. The highest BCUT2D eigenvalue weighted by Crippen LogP contribution is 2.20. The van der Waals surface area contributed by atoms with E-state index in [2.05, 4.69) is 15.1 Å². The van der Waals surface area contributed by atoms with E-state index in [1.165, 1.54) is 0 Å². The molecule has 6 nitrogen and oxygen atoms in total. The van der Waals surface area contributed by atoms with E-state index in [9.17, 15) is 0 Å². The standard InChI is InChI=1S/C11H16N4O2S/c1-2-16-6-4-9-14-11(17-15-9)8-7-18-10(13-8)3-5-12/h7H,2-6,12H2,1H3. The van der Waals surface area contributed by atoms with Gasteiger partial charge in [0.1, 0.15) is 5.69 Å². The Hall–Kier alpha value is -1.31. The van der Waals surface area contributed by atoms with E-state index in [4.69, 9.17) is 15.0 Å². The third-order valence-corrected chi connectivity index (χ3v) is 3.18. The van der Waals surface area contributed by atoms with E-state index >= 15 is 0 Å². The quantitative estimate of drug-likeness (QED) is 0.761. The molecule has 0 fully saturated rings. The van der Waals surface area contributed by atoms with Gasteiger partial charge in [0.05, 0.1) is 11.6 Å². The van der Waals surface area contributed by atoms with Gasteiger partial charge in [0.25, 0.3) is 5.89 Å². The van der Waals surface area contributed by atoms with E-state index in [0.29, 0.717) is 37.9 Å². The zero-order valence-electron chi connectivity index (χ0n) is 10.3. The molecule has 0 amide bonds. The van der Waals surface area contributed by atoms with Gasteiger partial charge in [0, 0.05) is 24.8 Å². The summed E-state index contributed by atoms with van der Waals surface area (Å²) >= 11 is 1.56. The zero-order chi connectivity index (χ0) is 12.8. The van der Waals surface area contributed by atoms with Crippen molar-refractivity contribution in [3.63, 3.8) is 0 Å². The molecule has 0 saturated carbocycles. The van der Waals surface area contributed by atoms with Gasteiger partial charge < -0.3 is 15.0 Å². The lowest BCUT2D eigenvalue weighted by Gasteiger charge is -1.94. The SMILES string of the molecule is CCOCCc1noc(-c2csc(CCN)n2)n1. The first kappa shape index (κ1) is 13.1. The van der Waals surface area contributed by atoms with Crippen molar-refractivity contribution >= 4 is 11.3 Å². The van der Waals surface area contributed by atoms with E-state index < -0.39 is 0 Å². The summed E-state index contributed by atoms with van der Waals surface area (Å²) in [6.07, 6.45) is 1.42. The highest BCUT2D eigenvalue weighted by Gasteiger charge is 2.12. The molecular formula is C11H16N4O2S. The molecule has 0 saturated heterocycles.